The fraction of sp³-hybridized carbons (Fsp3) is 0.0909. The van der Waals surface area contributed by atoms with Crippen LogP contribution >= 0.6 is 0 Å². The van der Waals surface area contributed by atoms with Gasteiger partial charge in [0.05, 0.1) is 0 Å². The maximum Gasteiger partial charge on any atom is -0.00132 e. The Morgan fingerprint density at radius 3 is 2.23 bits per heavy atom. The molecule has 0 aromatic heterocycles. The summed E-state index contributed by atoms with van der Waals surface area (Å²) < 4.78 is 0. The van der Waals surface area contributed by atoms with E-state index in [0.29, 0.717) is 0 Å². The summed E-state index contributed by atoms with van der Waals surface area (Å²) in [7, 11) is 0. The van der Waals surface area contributed by atoms with E-state index in [2.05, 4.69) is 85.8 Å². The Kier molecular flexibility index (Phi) is 3.16. The molecule has 0 saturated heterocycles. The monoisotopic (exact) mass is 282 g/mol. The molecule has 0 amide bonds. The lowest BCUT2D eigenvalue weighted by Crippen LogP contribution is -1.82. The second-order valence-electron chi connectivity index (χ2n) is 5.99. The lowest BCUT2D eigenvalue weighted by molar-refractivity contribution is 1.26. The summed E-state index contributed by atoms with van der Waals surface area (Å²) in [6.45, 7) is 2.12. The Bertz CT molecular complexity index is 851. The number of hydrogen-bond acceptors (Lipinski definition) is 0. The van der Waals surface area contributed by atoms with Crippen LogP contribution in [-0.2, 0) is 6.42 Å². The zero-order chi connectivity index (χ0) is 14.9. The minimum Gasteiger partial charge on any atom is -0.0619 e. The standard InChI is InChI=1S/C22H18/c1-16-6-8-17(9-7-16)10-11-18-12-13-22-20(14-18)15-19-4-2-3-5-21(19)22/h2-14H,15H2,1H3/b11-10+. The first kappa shape index (κ1) is 13.1. The molecule has 4 rings (SSSR count). The summed E-state index contributed by atoms with van der Waals surface area (Å²) in [5, 5.41) is 0. The van der Waals surface area contributed by atoms with Gasteiger partial charge in [0.25, 0.3) is 0 Å². The highest BCUT2D eigenvalue weighted by Crippen LogP contribution is 2.36. The van der Waals surface area contributed by atoms with Crippen molar-refractivity contribution in [2.75, 3.05) is 0 Å². The first-order chi connectivity index (χ1) is 10.8. The van der Waals surface area contributed by atoms with Crippen LogP contribution in [0.4, 0.5) is 0 Å². The van der Waals surface area contributed by atoms with Gasteiger partial charge in [0.15, 0.2) is 0 Å². The maximum atomic E-state index is 2.32. The highest BCUT2D eigenvalue weighted by atomic mass is 14.2. The smallest absolute Gasteiger partial charge is 0.00132 e. The number of benzene rings is 3. The summed E-state index contributed by atoms with van der Waals surface area (Å²) in [6.07, 6.45) is 5.44. The molecule has 0 unspecified atom stereocenters. The topological polar surface area (TPSA) is 0 Å². The number of rotatable bonds is 2. The van der Waals surface area contributed by atoms with Crippen molar-refractivity contribution < 1.29 is 0 Å². The third-order valence-corrected chi connectivity index (χ3v) is 4.36. The van der Waals surface area contributed by atoms with Gasteiger partial charge in [0, 0.05) is 0 Å². The van der Waals surface area contributed by atoms with E-state index in [-0.39, 0.29) is 0 Å². The largest absolute Gasteiger partial charge is 0.0619 e. The van der Waals surface area contributed by atoms with Crippen LogP contribution < -0.4 is 0 Å². The van der Waals surface area contributed by atoms with Crippen LogP contribution in [0.1, 0.15) is 27.8 Å². The van der Waals surface area contributed by atoms with Gasteiger partial charge < -0.3 is 0 Å². The van der Waals surface area contributed by atoms with Gasteiger partial charge in [-0.2, -0.15) is 0 Å². The molecule has 3 aromatic rings. The van der Waals surface area contributed by atoms with Crippen LogP contribution in [0.5, 0.6) is 0 Å². The Balaban J connectivity index is 1.63. The average Bonchev–Trinajstić information content (AvgIpc) is 2.92. The highest BCUT2D eigenvalue weighted by molar-refractivity contribution is 5.79. The molecule has 0 radical (unpaired) electrons. The molecule has 0 nitrogen and oxygen atoms in total. The molecule has 0 aliphatic heterocycles. The molecule has 1 aliphatic rings. The van der Waals surface area contributed by atoms with Gasteiger partial charge in [-0.3, -0.25) is 0 Å². The van der Waals surface area contributed by atoms with Crippen molar-refractivity contribution in [1.29, 1.82) is 0 Å². The molecule has 0 heteroatoms. The summed E-state index contributed by atoms with van der Waals surface area (Å²) in [4.78, 5) is 0. The summed E-state index contributed by atoms with van der Waals surface area (Å²) >= 11 is 0. The predicted octanol–water partition coefficient (Wildman–Crippen LogP) is 5.74. The number of fused-ring (bicyclic) bond motifs is 3. The lowest BCUT2D eigenvalue weighted by Gasteiger charge is -2.02. The van der Waals surface area contributed by atoms with Crippen molar-refractivity contribution in [3.8, 4) is 11.1 Å². The fourth-order valence-electron chi connectivity index (χ4n) is 3.14. The van der Waals surface area contributed by atoms with E-state index in [1.54, 1.807) is 0 Å². The van der Waals surface area contributed by atoms with Crippen LogP contribution in [0, 0.1) is 6.92 Å². The van der Waals surface area contributed by atoms with E-state index in [0.717, 1.165) is 6.42 Å². The molecule has 0 heterocycles. The van der Waals surface area contributed by atoms with Gasteiger partial charge in [0.1, 0.15) is 0 Å². The van der Waals surface area contributed by atoms with Crippen molar-refractivity contribution in [3.63, 3.8) is 0 Å². The zero-order valence-corrected chi connectivity index (χ0v) is 12.7. The molecule has 0 saturated carbocycles. The predicted molar refractivity (Wildman–Crippen MR) is 94.8 cm³/mol. The van der Waals surface area contributed by atoms with Crippen molar-refractivity contribution in [2.24, 2.45) is 0 Å². The first-order valence-electron chi connectivity index (χ1n) is 7.75. The van der Waals surface area contributed by atoms with Crippen LogP contribution in [0.15, 0.2) is 66.7 Å². The molecule has 1 aliphatic carbocycles. The Labute approximate surface area is 131 Å². The van der Waals surface area contributed by atoms with Gasteiger partial charge in [-0.05, 0) is 46.7 Å². The van der Waals surface area contributed by atoms with Crippen molar-refractivity contribution in [3.05, 3.63) is 94.5 Å². The highest BCUT2D eigenvalue weighted by Gasteiger charge is 2.17. The zero-order valence-electron chi connectivity index (χ0n) is 12.7. The number of hydrogen-bond donors (Lipinski definition) is 0. The first-order valence-corrected chi connectivity index (χ1v) is 7.75. The molecule has 0 fully saturated rings. The third kappa shape index (κ3) is 2.37. The lowest BCUT2D eigenvalue weighted by atomic mass is 10.0. The molecule has 0 spiro atoms. The summed E-state index contributed by atoms with van der Waals surface area (Å²) in [6, 6.07) is 24.1. The average molecular weight is 282 g/mol. The van der Waals surface area contributed by atoms with Crippen LogP contribution in [-0.4, -0.2) is 0 Å². The van der Waals surface area contributed by atoms with E-state index in [9.17, 15) is 0 Å². The second kappa shape index (κ2) is 5.31. The summed E-state index contributed by atoms with van der Waals surface area (Å²) in [5.74, 6) is 0. The van der Waals surface area contributed by atoms with Crippen LogP contribution in [0.2, 0.25) is 0 Å². The van der Waals surface area contributed by atoms with Crippen molar-refractivity contribution in [2.45, 2.75) is 13.3 Å². The van der Waals surface area contributed by atoms with E-state index in [1.807, 2.05) is 0 Å². The van der Waals surface area contributed by atoms with Crippen LogP contribution in [0.3, 0.4) is 0 Å². The third-order valence-electron chi connectivity index (χ3n) is 4.36. The molecule has 3 aromatic carbocycles. The molecule has 0 bridgehead atoms. The fourth-order valence-corrected chi connectivity index (χ4v) is 3.14. The Morgan fingerprint density at radius 1 is 0.682 bits per heavy atom. The minimum absolute atomic E-state index is 1.05. The molecular formula is C22H18. The molecule has 0 atom stereocenters. The Hall–Kier alpha value is -2.60. The van der Waals surface area contributed by atoms with E-state index >= 15 is 0 Å². The molecule has 106 valence electrons. The minimum atomic E-state index is 1.05. The van der Waals surface area contributed by atoms with Gasteiger partial charge >= 0.3 is 0 Å². The van der Waals surface area contributed by atoms with E-state index in [4.69, 9.17) is 0 Å². The number of aryl methyl sites for hydroxylation is 1. The van der Waals surface area contributed by atoms with Crippen LogP contribution in [0.25, 0.3) is 23.3 Å². The van der Waals surface area contributed by atoms with Crippen molar-refractivity contribution in [1.82, 2.24) is 0 Å². The quantitative estimate of drug-likeness (QED) is 0.411. The molecular weight excluding hydrogens is 264 g/mol. The molecule has 0 N–H and O–H groups in total. The second-order valence-corrected chi connectivity index (χ2v) is 5.99. The SMILES string of the molecule is Cc1ccc(/C=C/c2ccc3c(c2)Cc2ccccc2-3)cc1. The van der Waals surface area contributed by atoms with E-state index in [1.165, 1.54) is 38.9 Å². The normalized spacial score (nSPS) is 12.4. The molecule has 22 heavy (non-hydrogen) atoms. The van der Waals surface area contributed by atoms with Gasteiger partial charge in [-0.15, -0.1) is 0 Å². The summed E-state index contributed by atoms with van der Waals surface area (Å²) in [5.41, 5.74) is 9.48. The van der Waals surface area contributed by atoms with Gasteiger partial charge in [0.2, 0.25) is 0 Å². The maximum absolute atomic E-state index is 2.32. The van der Waals surface area contributed by atoms with E-state index < -0.39 is 0 Å². The van der Waals surface area contributed by atoms with Gasteiger partial charge in [-0.1, -0.05) is 84.4 Å². The Morgan fingerprint density at radius 2 is 1.36 bits per heavy atom. The van der Waals surface area contributed by atoms with Crippen molar-refractivity contribution >= 4 is 12.2 Å². The van der Waals surface area contributed by atoms with Gasteiger partial charge in [-0.25, -0.2) is 0 Å².